The van der Waals surface area contributed by atoms with E-state index < -0.39 is 9.84 Å². The number of nitrogens with zero attached hydrogens (tertiary/aromatic N) is 2. The van der Waals surface area contributed by atoms with E-state index in [1.54, 1.807) is 29.7 Å². The van der Waals surface area contributed by atoms with Gasteiger partial charge in [-0.15, -0.1) is 11.3 Å². The van der Waals surface area contributed by atoms with Gasteiger partial charge in [-0.05, 0) is 55.9 Å². The molecule has 130 valence electrons. The molecule has 3 rings (SSSR count). The Morgan fingerprint density at radius 2 is 2.21 bits per heavy atom. The molecule has 0 aliphatic carbocycles. The van der Waals surface area contributed by atoms with E-state index in [0.29, 0.717) is 24.3 Å². The molecule has 1 fully saturated rings. The molecule has 1 aliphatic heterocycles. The van der Waals surface area contributed by atoms with Crippen LogP contribution in [0.3, 0.4) is 0 Å². The van der Waals surface area contributed by atoms with E-state index in [1.165, 1.54) is 11.1 Å². The van der Waals surface area contributed by atoms with E-state index in [1.807, 2.05) is 0 Å². The fourth-order valence-electron chi connectivity index (χ4n) is 3.43. The zero-order chi connectivity index (χ0) is 17.2. The lowest BCUT2D eigenvalue weighted by molar-refractivity contribution is 0.130. The molecule has 3 heterocycles. The van der Waals surface area contributed by atoms with Gasteiger partial charge in [0, 0.05) is 29.9 Å². The highest BCUT2D eigenvalue weighted by atomic mass is 32.2. The van der Waals surface area contributed by atoms with Crippen LogP contribution in [0.1, 0.15) is 23.8 Å². The van der Waals surface area contributed by atoms with Gasteiger partial charge >= 0.3 is 0 Å². The molecule has 0 aromatic carbocycles. The average Bonchev–Trinajstić information content (AvgIpc) is 3.06. The van der Waals surface area contributed by atoms with Crippen molar-refractivity contribution >= 4 is 27.0 Å². The second-order valence-corrected chi connectivity index (χ2v) is 9.31. The van der Waals surface area contributed by atoms with Gasteiger partial charge in [0.1, 0.15) is 10.7 Å². The molecule has 1 saturated heterocycles. The topological polar surface area (TPSA) is 62.3 Å². The molecule has 2 aromatic rings. The van der Waals surface area contributed by atoms with Crippen molar-refractivity contribution in [3.8, 4) is 0 Å². The summed E-state index contributed by atoms with van der Waals surface area (Å²) in [7, 11) is -1.12. The number of aromatic nitrogens is 1. The number of rotatable bonds is 5. The largest absolute Gasteiger partial charge is 0.369 e. The summed E-state index contributed by atoms with van der Waals surface area (Å²) in [6, 6.07) is 7.91. The van der Waals surface area contributed by atoms with Crippen LogP contribution in [0.15, 0.2) is 40.7 Å². The van der Waals surface area contributed by atoms with Crippen LogP contribution in [-0.2, 0) is 9.84 Å². The summed E-state index contributed by atoms with van der Waals surface area (Å²) >= 11 is 1.79. The first-order chi connectivity index (χ1) is 11.5. The van der Waals surface area contributed by atoms with E-state index in [9.17, 15) is 8.42 Å². The van der Waals surface area contributed by atoms with Crippen LogP contribution in [0, 0.1) is 5.92 Å². The summed E-state index contributed by atoms with van der Waals surface area (Å²) in [5.41, 5.74) is 0. The summed E-state index contributed by atoms with van der Waals surface area (Å²) in [5.74, 6) is 0.884. The van der Waals surface area contributed by atoms with Crippen LogP contribution in [0.5, 0.6) is 0 Å². The standard InChI is InChI=1S/C17H23N3O2S2/c1-20-10-4-6-13(16(20)14-7-5-11-23-14)12-19-17-15(24(2,21)22)8-3-9-18-17/h3,5,7-9,11,13,16H,4,6,10,12H2,1-2H3,(H,18,19). The quantitative estimate of drug-likeness (QED) is 0.882. The Labute approximate surface area is 147 Å². The van der Waals surface area contributed by atoms with Gasteiger partial charge < -0.3 is 5.32 Å². The molecule has 7 heteroatoms. The van der Waals surface area contributed by atoms with Gasteiger partial charge in [-0.1, -0.05) is 6.07 Å². The number of piperidine rings is 1. The first-order valence-electron chi connectivity index (χ1n) is 8.09. The molecule has 1 aliphatic rings. The van der Waals surface area contributed by atoms with Crippen molar-refractivity contribution in [3.05, 3.63) is 40.7 Å². The SMILES string of the molecule is CN1CCCC(CNc2ncccc2S(C)(=O)=O)C1c1cccs1. The van der Waals surface area contributed by atoms with Gasteiger partial charge in [-0.3, -0.25) is 4.90 Å². The van der Waals surface area contributed by atoms with Crippen molar-refractivity contribution in [1.82, 2.24) is 9.88 Å². The lowest BCUT2D eigenvalue weighted by Crippen LogP contribution is -2.38. The summed E-state index contributed by atoms with van der Waals surface area (Å²) < 4.78 is 23.8. The van der Waals surface area contributed by atoms with Crippen molar-refractivity contribution < 1.29 is 8.42 Å². The maximum absolute atomic E-state index is 11.9. The molecule has 0 spiro atoms. The third kappa shape index (κ3) is 3.79. The van der Waals surface area contributed by atoms with Crippen molar-refractivity contribution in [2.45, 2.75) is 23.8 Å². The Balaban J connectivity index is 1.78. The number of anilines is 1. The highest BCUT2D eigenvalue weighted by Gasteiger charge is 2.31. The number of thiophene rings is 1. The van der Waals surface area contributed by atoms with Crippen molar-refractivity contribution in [2.24, 2.45) is 5.92 Å². The second-order valence-electron chi connectivity index (χ2n) is 6.35. The van der Waals surface area contributed by atoms with Crippen molar-refractivity contribution in [1.29, 1.82) is 0 Å². The summed E-state index contributed by atoms with van der Waals surface area (Å²) in [5, 5.41) is 5.40. The van der Waals surface area contributed by atoms with Crippen LogP contribution in [0.4, 0.5) is 5.82 Å². The number of hydrogen-bond donors (Lipinski definition) is 1. The molecular weight excluding hydrogens is 342 g/mol. The summed E-state index contributed by atoms with van der Waals surface area (Å²) in [6.45, 7) is 1.81. The number of likely N-dealkylation sites (tertiary alicyclic amines) is 1. The smallest absolute Gasteiger partial charge is 0.179 e. The van der Waals surface area contributed by atoms with E-state index in [-0.39, 0.29) is 4.90 Å². The zero-order valence-corrected chi connectivity index (χ0v) is 15.6. The zero-order valence-electron chi connectivity index (χ0n) is 14.0. The lowest BCUT2D eigenvalue weighted by Gasteiger charge is -2.39. The van der Waals surface area contributed by atoms with Gasteiger partial charge in [-0.2, -0.15) is 0 Å². The Bertz CT molecular complexity index is 775. The highest BCUT2D eigenvalue weighted by molar-refractivity contribution is 7.90. The minimum absolute atomic E-state index is 0.266. The van der Waals surface area contributed by atoms with Crippen LogP contribution in [-0.4, -0.2) is 44.7 Å². The Hall–Kier alpha value is -1.44. The fraction of sp³-hybridized carbons (Fsp3) is 0.471. The molecule has 5 nitrogen and oxygen atoms in total. The Morgan fingerprint density at radius 3 is 2.92 bits per heavy atom. The van der Waals surface area contributed by atoms with Crippen LogP contribution in [0.25, 0.3) is 0 Å². The maximum Gasteiger partial charge on any atom is 0.179 e. The lowest BCUT2D eigenvalue weighted by atomic mass is 9.88. The minimum Gasteiger partial charge on any atom is -0.369 e. The number of sulfone groups is 1. The predicted octanol–water partition coefficient (Wildman–Crippen LogP) is 3.04. The number of pyridine rings is 1. The summed E-state index contributed by atoms with van der Waals surface area (Å²) in [4.78, 5) is 8.27. The van der Waals surface area contributed by atoms with Gasteiger partial charge in [0.15, 0.2) is 9.84 Å². The summed E-state index contributed by atoms with van der Waals surface area (Å²) in [6.07, 6.45) is 5.13. The molecule has 2 unspecified atom stereocenters. The normalized spacial score (nSPS) is 22.4. The molecule has 0 saturated carbocycles. The minimum atomic E-state index is -3.29. The van der Waals surface area contributed by atoms with Gasteiger partial charge in [0.2, 0.25) is 0 Å². The van der Waals surface area contributed by atoms with Crippen molar-refractivity contribution in [2.75, 3.05) is 31.7 Å². The first kappa shape index (κ1) is 17.4. The first-order valence-corrected chi connectivity index (χ1v) is 10.9. The number of hydrogen-bond acceptors (Lipinski definition) is 6. The molecule has 24 heavy (non-hydrogen) atoms. The average molecular weight is 366 g/mol. The molecule has 0 bridgehead atoms. The fourth-order valence-corrected chi connectivity index (χ4v) is 5.22. The molecular formula is C17H23N3O2S2. The third-order valence-corrected chi connectivity index (χ3v) is 6.62. The molecule has 1 N–H and O–H groups in total. The Morgan fingerprint density at radius 1 is 1.38 bits per heavy atom. The van der Waals surface area contributed by atoms with Crippen LogP contribution >= 0.6 is 11.3 Å². The van der Waals surface area contributed by atoms with Gasteiger partial charge in [0.05, 0.1) is 0 Å². The maximum atomic E-state index is 11.9. The predicted molar refractivity (Wildman–Crippen MR) is 98.3 cm³/mol. The van der Waals surface area contributed by atoms with E-state index >= 15 is 0 Å². The second kappa shape index (κ2) is 7.21. The molecule has 0 radical (unpaired) electrons. The van der Waals surface area contributed by atoms with E-state index in [2.05, 4.69) is 39.8 Å². The van der Waals surface area contributed by atoms with E-state index in [4.69, 9.17) is 0 Å². The molecule has 2 aromatic heterocycles. The monoisotopic (exact) mass is 365 g/mol. The number of nitrogens with one attached hydrogen (secondary N) is 1. The van der Waals surface area contributed by atoms with Gasteiger partial charge in [-0.25, -0.2) is 13.4 Å². The van der Waals surface area contributed by atoms with Crippen molar-refractivity contribution in [3.63, 3.8) is 0 Å². The molecule has 2 atom stereocenters. The van der Waals surface area contributed by atoms with Gasteiger partial charge in [0.25, 0.3) is 0 Å². The third-order valence-electron chi connectivity index (χ3n) is 4.54. The van der Waals surface area contributed by atoms with E-state index in [0.717, 1.165) is 19.4 Å². The van der Waals surface area contributed by atoms with Crippen LogP contribution < -0.4 is 5.32 Å². The Kier molecular flexibility index (Phi) is 5.22. The highest BCUT2D eigenvalue weighted by Crippen LogP contribution is 2.37. The molecule has 0 amide bonds. The van der Waals surface area contributed by atoms with Crippen LogP contribution in [0.2, 0.25) is 0 Å².